The van der Waals surface area contributed by atoms with Crippen LogP contribution in [0.5, 0.6) is 0 Å². The van der Waals surface area contributed by atoms with E-state index >= 15 is 0 Å². The second-order valence-corrected chi connectivity index (χ2v) is 6.45. The van der Waals surface area contributed by atoms with Crippen molar-refractivity contribution in [1.82, 2.24) is 0 Å². The second-order valence-electron chi connectivity index (χ2n) is 6.45. The van der Waals surface area contributed by atoms with Crippen molar-refractivity contribution in [1.29, 1.82) is 0 Å². The molecule has 0 aliphatic heterocycles. The average Bonchev–Trinajstić information content (AvgIpc) is 2.64. The smallest absolute Gasteiger partial charge is 0.550 e. The molecule has 27 heteroatoms. The van der Waals surface area contributed by atoms with E-state index in [0.717, 1.165) is 13.8 Å². The van der Waals surface area contributed by atoms with Crippen LogP contribution < -0.4 is 30.6 Å². The summed E-state index contributed by atoms with van der Waals surface area (Å²) in [6, 6.07) is 0. The molecule has 0 heterocycles. The third-order valence-electron chi connectivity index (χ3n) is 2.91. The predicted octanol–water partition coefficient (Wildman–Crippen LogP) is -12.2. The van der Waals surface area contributed by atoms with Crippen molar-refractivity contribution in [2.75, 3.05) is 0 Å². The standard InChI is InChI=1S/2C6H8O7.2C2H3NO4.3Ca/c2*7-3(8)1-6(13,5(11)12)2-4(9)10;2*1-2(4)7-3(5)6;;;/h2*13H,1-2H2,(H,7,8)(H,9,10)(H,11,12);2*1H3;;;/q;;;;3*+2/p-6. The maximum absolute atomic E-state index is 10.1. The van der Waals surface area contributed by atoms with Crippen molar-refractivity contribution in [2.24, 2.45) is 0 Å². The summed E-state index contributed by atoms with van der Waals surface area (Å²) in [5.41, 5.74) is -5.95. The van der Waals surface area contributed by atoms with Gasteiger partial charge in [0.05, 0.1) is 11.9 Å². The third-order valence-corrected chi connectivity index (χ3v) is 2.91. The molecular weight excluding hydrogens is 692 g/mol. The summed E-state index contributed by atoms with van der Waals surface area (Å²) in [5, 5.41) is 93.9. The number of hydrogen-bond donors (Lipinski definition) is 2. The Morgan fingerprint density at radius 1 is 0.535 bits per heavy atom. The summed E-state index contributed by atoms with van der Waals surface area (Å²) in [6.07, 6.45) is -5.43. The van der Waals surface area contributed by atoms with Crippen LogP contribution in [-0.4, -0.2) is 193 Å². The number of carboxylic acids is 6. The Balaban J connectivity index is -0.0000000816. The van der Waals surface area contributed by atoms with E-state index in [-0.39, 0.29) is 113 Å². The third kappa shape index (κ3) is 40.3. The van der Waals surface area contributed by atoms with Gasteiger partial charge >= 0.3 is 135 Å². The number of rotatable bonds is 12. The largest absolute Gasteiger partial charge is 2.00 e. The van der Waals surface area contributed by atoms with E-state index in [1.54, 1.807) is 0 Å². The first-order chi connectivity index (χ1) is 17.8. The van der Waals surface area contributed by atoms with Gasteiger partial charge in [-0.3, -0.25) is 9.59 Å². The van der Waals surface area contributed by atoms with Crippen molar-refractivity contribution in [3.05, 3.63) is 20.2 Å². The van der Waals surface area contributed by atoms with Crippen molar-refractivity contribution >= 4 is 161 Å². The molecule has 0 aromatic carbocycles. The van der Waals surface area contributed by atoms with Crippen LogP contribution in [0.3, 0.4) is 0 Å². The fourth-order valence-corrected chi connectivity index (χ4v) is 1.58. The zero-order valence-corrected chi connectivity index (χ0v) is 28.5. The van der Waals surface area contributed by atoms with Gasteiger partial charge in [0.15, 0.2) is 0 Å². The Morgan fingerprint density at radius 2 is 0.698 bits per heavy atom. The number of aliphatic carboxylic acids is 6. The molecule has 0 spiro atoms. The zero-order chi connectivity index (χ0) is 33.0. The molecule has 0 aliphatic carbocycles. The van der Waals surface area contributed by atoms with E-state index in [4.69, 9.17) is 10.2 Å². The first-order valence-corrected chi connectivity index (χ1v) is 9.14. The van der Waals surface area contributed by atoms with Crippen LogP contribution in [0, 0.1) is 20.2 Å². The van der Waals surface area contributed by atoms with Gasteiger partial charge in [0.2, 0.25) is 0 Å². The molecule has 0 saturated heterocycles. The van der Waals surface area contributed by atoms with Gasteiger partial charge in [0.25, 0.3) is 0 Å². The predicted molar refractivity (Wildman–Crippen MR) is 113 cm³/mol. The molecule has 0 aromatic rings. The Morgan fingerprint density at radius 3 is 0.744 bits per heavy atom. The summed E-state index contributed by atoms with van der Waals surface area (Å²) in [6.45, 7) is 1.92. The van der Waals surface area contributed by atoms with Crippen LogP contribution in [0.1, 0.15) is 39.5 Å². The number of carbonyl (C=O) groups excluding carboxylic acids is 8. The summed E-state index contributed by atoms with van der Waals surface area (Å²) < 4.78 is 0. The maximum atomic E-state index is 10.1. The van der Waals surface area contributed by atoms with Gasteiger partial charge in [0.1, 0.15) is 11.2 Å². The van der Waals surface area contributed by atoms with Crippen molar-refractivity contribution < 1.29 is 99.1 Å². The molecule has 43 heavy (non-hydrogen) atoms. The van der Waals surface area contributed by atoms with Crippen LogP contribution >= 0.6 is 0 Å². The average molecular weight is 709 g/mol. The number of carboxylic acid groups (broad SMARTS) is 6. The molecule has 0 fully saturated rings. The first kappa shape index (κ1) is 57.0. The normalized spacial score (nSPS) is 9.02. The van der Waals surface area contributed by atoms with E-state index in [0.29, 0.717) is 0 Å². The molecule has 24 nitrogen and oxygen atoms in total. The van der Waals surface area contributed by atoms with Gasteiger partial charge in [-0.1, -0.05) is 0 Å². The Kier molecular flexibility index (Phi) is 38.4. The molecule has 228 valence electrons. The minimum absolute atomic E-state index is 0. The van der Waals surface area contributed by atoms with E-state index in [9.17, 15) is 89.2 Å². The van der Waals surface area contributed by atoms with Crippen LogP contribution in [-0.2, 0) is 48.0 Å². The number of nitrogens with zero attached hydrogens (tertiary/aromatic N) is 2. The molecule has 0 bridgehead atoms. The van der Waals surface area contributed by atoms with Gasteiger partial charge < -0.3 is 69.6 Å². The van der Waals surface area contributed by atoms with Crippen molar-refractivity contribution in [3.63, 3.8) is 0 Å². The van der Waals surface area contributed by atoms with Crippen LogP contribution in [0.2, 0.25) is 0 Å². The molecule has 0 unspecified atom stereocenters. The topological polar surface area (TPSA) is 420 Å². The van der Waals surface area contributed by atoms with Crippen LogP contribution in [0.4, 0.5) is 0 Å². The molecule has 0 radical (unpaired) electrons. The molecular formula is C16H16Ca3N2O22. The maximum Gasteiger partial charge on any atom is 2.00 e. The van der Waals surface area contributed by atoms with E-state index in [2.05, 4.69) is 9.68 Å². The Bertz CT molecular complexity index is 867. The van der Waals surface area contributed by atoms with Gasteiger partial charge in [-0.05, 0) is 0 Å². The fraction of sp³-hybridized carbons (Fsp3) is 0.500. The zero-order valence-electron chi connectivity index (χ0n) is 21.9. The summed E-state index contributed by atoms with van der Waals surface area (Å²) in [5.74, 6) is -13.8. The Hall–Kier alpha value is -1.74. The molecule has 0 aromatic heterocycles. The minimum Gasteiger partial charge on any atom is -0.550 e. The SMILES string of the molecule is CC(=O)O[N+](=O)[O-].CC(=O)O[N+](=O)[O-].O=C([O-])CC(O)(CC(=O)[O-])C(=O)[O-].O=C([O-])CC(O)(CC(=O)[O-])C(=O)[O-].[Ca+2].[Ca+2].[Ca+2]. The number of carbonyl (C=O) groups is 8. The van der Waals surface area contributed by atoms with Gasteiger partial charge in [-0.2, -0.15) is 0 Å². The number of aliphatic hydroxyl groups is 2. The van der Waals surface area contributed by atoms with E-state index < -0.39 is 94.8 Å². The van der Waals surface area contributed by atoms with E-state index in [1.165, 1.54) is 0 Å². The van der Waals surface area contributed by atoms with Gasteiger partial charge in [-0.25, -0.2) is 9.68 Å². The van der Waals surface area contributed by atoms with Crippen LogP contribution in [0.25, 0.3) is 0 Å². The monoisotopic (exact) mass is 708 g/mol. The minimum atomic E-state index is -2.97. The second kappa shape index (κ2) is 29.0. The molecule has 0 aliphatic rings. The molecule has 0 rings (SSSR count). The van der Waals surface area contributed by atoms with Gasteiger partial charge in [0, 0.05) is 63.4 Å². The van der Waals surface area contributed by atoms with Crippen LogP contribution in [0.15, 0.2) is 0 Å². The molecule has 0 amide bonds. The molecule has 2 N–H and O–H groups in total. The first-order valence-electron chi connectivity index (χ1n) is 9.14. The summed E-state index contributed by atoms with van der Waals surface area (Å²) >= 11 is 0. The Labute approximate surface area is 327 Å². The molecule has 0 saturated carbocycles. The number of hydrogen-bond acceptors (Lipinski definition) is 22. The molecule has 0 atom stereocenters. The summed E-state index contributed by atoms with van der Waals surface area (Å²) in [4.78, 5) is 104. The van der Waals surface area contributed by atoms with Crippen molar-refractivity contribution in [3.8, 4) is 0 Å². The van der Waals surface area contributed by atoms with Gasteiger partial charge in [-0.15, -0.1) is 20.2 Å². The summed E-state index contributed by atoms with van der Waals surface area (Å²) in [7, 11) is 0. The van der Waals surface area contributed by atoms with E-state index in [1.807, 2.05) is 0 Å². The quantitative estimate of drug-likeness (QED) is 0.108. The fourth-order valence-electron chi connectivity index (χ4n) is 1.58. The van der Waals surface area contributed by atoms with Crippen molar-refractivity contribution in [2.45, 2.75) is 50.7 Å².